The van der Waals surface area contributed by atoms with E-state index in [9.17, 15) is 9.90 Å². The molecule has 1 aliphatic rings. The monoisotopic (exact) mass is 312 g/mol. The molecule has 0 aliphatic carbocycles. The number of carbonyl (C=O) groups is 1. The van der Waals surface area contributed by atoms with Crippen molar-refractivity contribution in [1.29, 1.82) is 0 Å². The number of hydrogen-bond acceptors (Lipinski definition) is 3. The average molecular weight is 313 g/mol. The molecule has 1 fully saturated rings. The Labute approximate surface area is 115 Å². The molecule has 0 bridgehead atoms. The zero-order chi connectivity index (χ0) is 13.3. The first-order chi connectivity index (χ1) is 8.47. The van der Waals surface area contributed by atoms with E-state index in [0.717, 1.165) is 4.47 Å². The van der Waals surface area contributed by atoms with E-state index in [4.69, 9.17) is 0 Å². The Morgan fingerprint density at radius 1 is 1.39 bits per heavy atom. The van der Waals surface area contributed by atoms with Gasteiger partial charge < -0.3 is 15.3 Å². The first-order valence-electron chi connectivity index (χ1n) is 6.01. The Hall–Kier alpha value is -1.07. The minimum atomic E-state index is -0.111. The van der Waals surface area contributed by atoms with E-state index in [-0.39, 0.29) is 23.7 Å². The number of hydrogen-bond donors (Lipinski definition) is 2. The number of phenolic OH excluding ortho intramolecular Hbond substituents is 1. The molecule has 98 valence electrons. The van der Waals surface area contributed by atoms with Crippen LogP contribution in [0.4, 0.5) is 0 Å². The van der Waals surface area contributed by atoms with Crippen LogP contribution in [-0.2, 0) is 0 Å². The molecule has 0 saturated carbocycles. The number of nitrogens with zero attached hydrogens (tertiary/aromatic N) is 1. The summed E-state index contributed by atoms with van der Waals surface area (Å²) in [5.41, 5.74) is 0.361. The lowest BCUT2D eigenvalue weighted by Gasteiger charge is -2.36. The van der Waals surface area contributed by atoms with Crippen molar-refractivity contribution in [2.75, 3.05) is 13.1 Å². The van der Waals surface area contributed by atoms with Gasteiger partial charge in [-0.25, -0.2) is 0 Å². The fourth-order valence-electron chi connectivity index (χ4n) is 2.35. The van der Waals surface area contributed by atoms with Crippen molar-refractivity contribution in [3.8, 4) is 5.75 Å². The van der Waals surface area contributed by atoms with Crippen molar-refractivity contribution < 1.29 is 9.90 Å². The largest absolute Gasteiger partial charge is 0.507 e. The van der Waals surface area contributed by atoms with Crippen LogP contribution in [0.5, 0.6) is 5.75 Å². The number of nitrogens with one attached hydrogen (secondary N) is 1. The second-order valence-corrected chi connectivity index (χ2v) is 5.76. The summed E-state index contributed by atoms with van der Waals surface area (Å²) in [6, 6.07) is 5.51. The molecule has 1 aromatic carbocycles. The lowest BCUT2D eigenvalue weighted by atomic mass is 10.1. The van der Waals surface area contributed by atoms with Crippen LogP contribution in [-0.4, -0.2) is 41.1 Å². The van der Waals surface area contributed by atoms with Crippen LogP contribution in [0.1, 0.15) is 24.2 Å². The molecule has 0 spiro atoms. The highest BCUT2D eigenvalue weighted by Crippen LogP contribution is 2.24. The lowest BCUT2D eigenvalue weighted by Crippen LogP contribution is -2.55. The SMILES string of the molecule is CC1CN(C(=O)c2ccc(Br)cc2O)CC(C)N1. The van der Waals surface area contributed by atoms with Crippen molar-refractivity contribution in [2.24, 2.45) is 0 Å². The summed E-state index contributed by atoms with van der Waals surface area (Å²) in [4.78, 5) is 14.1. The van der Waals surface area contributed by atoms with E-state index in [0.29, 0.717) is 18.7 Å². The molecule has 2 unspecified atom stereocenters. The van der Waals surface area contributed by atoms with E-state index in [1.165, 1.54) is 0 Å². The summed E-state index contributed by atoms with van der Waals surface area (Å²) in [6.45, 7) is 5.44. The Kier molecular flexibility index (Phi) is 3.92. The molecule has 1 saturated heterocycles. The number of carbonyl (C=O) groups excluding carboxylic acids is 1. The van der Waals surface area contributed by atoms with Crippen molar-refractivity contribution in [1.82, 2.24) is 10.2 Å². The van der Waals surface area contributed by atoms with E-state index < -0.39 is 0 Å². The second kappa shape index (κ2) is 5.28. The zero-order valence-corrected chi connectivity index (χ0v) is 12.1. The number of amides is 1. The van der Waals surface area contributed by atoms with Gasteiger partial charge >= 0.3 is 0 Å². The molecule has 2 N–H and O–H groups in total. The maximum atomic E-state index is 12.3. The van der Waals surface area contributed by atoms with Crippen molar-refractivity contribution in [3.63, 3.8) is 0 Å². The van der Waals surface area contributed by atoms with Crippen LogP contribution in [0.25, 0.3) is 0 Å². The normalized spacial score (nSPS) is 24.1. The van der Waals surface area contributed by atoms with E-state index in [1.807, 2.05) is 0 Å². The number of rotatable bonds is 1. The van der Waals surface area contributed by atoms with Crippen LogP contribution in [0, 0.1) is 0 Å². The summed E-state index contributed by atoms with van der Waals surface area (Å²) in [6.07, 6.45) is 0. The van der Waals surface area contributed by atoms with Crippen LogP contribution in [0.15, 0.2) is 22.7 Å². The van der Waals surface area contributed by atoms with Gasteiger partial charge in [0.2, 0.25) is 0 Å². The standard InChI is InChI=1S/C13H17BrN2O2/c1-8-6-16(7-9(2)15-8)13(18)11-4-3-10(14)5-12(11)17/h3-5,8-9,15,17H,6-7H2,1-2H3. The maximum absolute atomic E-state index is 12.3. The average Bonchev–Trinajstić information content (AvgIpc) is 2.26. The molecule has 0 aromatic heterocycles. The molecule has 5 heteroatoms. The third-order valence-corrected chi connectivity index (χ3v) is 3.53. The molecule has 1 aliphatic heterocycles. The quantitative estimate of drug-likeness (QED) is 0.833. The van der Waals surface area contributed by atoms with Gasteiger partial charge in [-0.1, -0.05) is 15.9 Å². The lowest BCUT2D eigenvalue weighted by molar-refractivity contribution is 0.0670. The van der Waals surface area contributed by atoms with E-state index >= 15 is 0 Å². The van der Waals surface area contributed by atoms with Crippen molar-refractivity contribution >= 4 is 21.8 Å². The number of piperazine rings is 1. The zero-order valence-electron chi connectivity index (χ0n) is 10.5. The highest BCUT2D eigenvalue weighted by molar-refractivity contribution is 9.10. The molecule has 4 nitrogen and oxygen atoms in total. The predicted molar refractivity (Wildman–Crippen MR) is 73.8 cm³/mol. The third-order valence-electron chi connectivity index (χ3n) is 3.03. The number of phenols is 1. The molecule has 18 heavy (non-hydrogen) atoms. The highest BCUT2D eigenvalue weighted by Gasteiger charge is 2.26. The topological polar surface area (TPSA) is 52.6 Å². The van der Waals surface area contributed by atoms with Crippen molar-refractivity contribution in [2.45, 2.75) is 25.9 Å². The Morgan fingerprint density at radius 3 is 2.56 bits per heavy atom. The second-order valence-electron chi connectivity index (χ2n) is 4.84. The van der Waals surface area contributed by atoms with Gasteiger partial charge in [0.1, 0.15) is 5.75 Å². The van der Waals surface area contributed by atoms with Gasteiger partial charge in [0, 0.05) is 29.6 Å². The number of halogens is 1. The predicted octanol–water partition coefficient (Wildman–Crippen LogP) is 1.98. The molecule has 0 radical (unpaired) electrons. The fraction of sp³-hybridized carbons (Fsp3) is 0.462. The minimum absolute atomic E-state index is 0.0215. The summed E-state index contributed by atoms with van der Waals surface area (Å²) in [5.74, 6) is -0.0894. The van der Waals surface area contributed by atoms with Gasteiger partial charge in [-0.15, -0.1) is 0 Å². The van der Waals surface area contributed by atoms with E-state index in [2.05, 4.69) is 35.1 Å². The van der Waals surface area contributed by atoms with E-state index in [1.54, 1.807) is 23.1 Å². The smallest absolute Gasteiger partial charge is 0.257 e. The van der Waals surface area contributed by atoms with Gasteiger partial charge in [-0.05, 0) is 32.0 Å². The van der Waals surface area contributed by atoms with Crippen molar-refractivity contribution in [3.05, 3.63) is 28.2 Å². The van der Waals surface area contributed by atoms with Gasteiger partial charge in [0.25, 0.3) is 5.91 Å². The first-order valence-corrected chi connectivity index (χ1v) is 6.80. The molecular weight excluding hydrogens is 296 g/mol. The van der Waals surface area contributed by atoms with Gasteiger partial charge in [0.05, 0.1) is 5.56 Å². The van der Waals surface area contributed by atoms with Crippen LogP contribution >= 0.6 is 15.9 Å². The van der Waals surface area contributed by atoms with Gasteiger partial charge in [-0.2, -0.15) is 0 Å². The number of aromatic hydroxyl groups is 1. The summed E-state index contributed by atoms with van der Waals surface area (Å²) in [5, 5.41) is 13.2. The molecule has 1 amide bonds. The van der Waals surface area contributed by atoms with Crippen LogP contribution < -0.4 is 5.32 Å². The Morgan fingerprint density at radius 2 is 2.00 bits per heavy atom. The first kappa shape index (κ1) is 13.4. The van der Waals surface area contributed by atoms with Gasteiger partial charge in [-0.3, -0.25) is 4.79 Å². The molecular formula is C13H17BrN2O2. The molecule has 1 heterocycles. The minimum Gasteiger partial charge on any atom is -0.507 e. The Bertz CT molecular complexity index is 454. The number of benzene rings is 1. The Balaban J connectivity index is 2.20. The third kappa shape index (κ3) is 2.84. The molecule has 2 rings (SSSR count). The summed E-state index contributed by atoms with van der Waals surface area (Å²) < 4.78 is 0.763. The fourth-order valence-corrected chi connectivity index (χ4v) is 2.70. The molecule has 1 aromatic rings. The summed E-state index contributed by atoms with van der Waals surface area (Å²) in [7, 11) is 0. The van der Waals surface area contributed by atoms with Crippen LogP contribution in [0.2, 0.25) is 0 Å². The summed E-state index contributed by atoms with van der Waals surface area (Å²) >= 11 is 3.27. The molecule has 2 atom stereocenters. The highest BCUT2D eigenvalue weighted by atomic mass is 79.9. The van der Waals surface area contributed by atoms with Crippen LogP contribution in [0.3, 0.4) is 0 Å². The maximum Gasteiger partial charge on any atom is 0.257 e. The van der Waals surface area contributed by atoms with Gasteiger partial charge in [0.15, 0.2) is 0 Å².